The zero-order valence-corrected chi connectivity index (χ0v) is 10.8. The highest BCUT2D eigenvalue weighted by molar-refractivity contribution is 7.10. The summed E-state index contributed by atoms with van der Waals surface area (Å²) in [7, 11) is 0. The zero-order chi connectivity index (χ0) is 11.5. The van der Waals surface area contributed by atoms with E-state index < -0.39 is 0 Å². The monoisotopic (exact) mass is 242 g/mol. The molecule has 3 rings (SSSR count). The fourth-order valence-corrected chi connectivity index (χ4v) is 4.00. The molecule has 0 spiro atoms. The van der Waals surface area contributed by atoms with Gasteiger partial charge in [0.15, 0.2) is 0 Å². The van der Waals surface area contributed by atoms with Gasteiger partial charge >= 0.3 is 0 Å². The maximum absolute atomic E-state index is 2.32. The second-order valence-corrected chi connectivity index (χ2v) is 5.90. The van der Waals surface area contributed by atoms with Crippen molar-refractivity contribution in [2.75, 3.05) is 0 Å². The molecule has 2 atom stereocenters. The number of hydrogen-bond acceptors (Lipinski definition) is 1. The quantitative estimate of drug-likeness (QED) is 0.680. The smallest absolute Gasteiger partial charge is 0.00822 e. The molecule has 1 heterocycles. The Morgan fingerprint density at radius 1 is 0.824 bits per heavy atom. The van der Waals surface area contributed by atoms with Crippen molar-refractivity contribution in [2.45, 2.75) is 37.5 Å². The van der Waals surface area contributed by atoms with Crippen LogP contribution in [0.4, 0.5) is 0 Å². The van der Waals surface area contributed by atoms with Crippen molar-refractivity contribution in [1.82, 2.24) is 0 Å². The minimum atomic E-state index is 0.739. The third-order valence-electron chi connectivity index (χ3n) is 3.90. The summed E-state index contributed by atoms with van der Waals surface area (Å²) in [6, 6.07) is 15.6. The largest absolute Gasteiger partial charge is 0.149 e. The summed E-state index contributed by atoms with van der Waals surface area (Å²) >= 11 is 1.93. The summed E-state index contributed by atoms with van der Waals surface area (Å²) in [6.07, 6.45) is 5.50. The molecule has 0 nitrogen and oxygen atoms in total. The average molecular weight is 242 g/mol. The second-order valence-electron chi connectivity index (χ2n) is 4.92. The van der Waals surface area contributed by atoms with Crippen molar-refractivity contribution < 1.29 is 0 Å². The molecular formula is C16H18S. The maximum atomic E-state index is 2.32. The van der Waals surface area contributed by atoms with Crippen LogP contribution >= 0.6 is 11.3 Å². The van der Waals surface area contributed by atoms with E-state index in [0.29, 0.717) is 0 Å². The lowest BCUT2D eigenvalue weighted by Crippen LogP contribution is -2.15. The van der Waals surface area contributed by atoms with Gasteiger partial charge in [-0.1, -0.05) is 49.2 Å². The molecule has 0 bridgehead atoms. The molecule has 17 heavy (non-hydrogen) atoms. The third kappa shape index (κ3) is 2.30. The number of hydrogen-bond donors (Lipinski definition) is 0. The Hall–Kier alpha value is -1.08. The molecule has 1 aromatic carbocycles. The lowest BCUT2D eigenvalue weighted by molar-refractivity contribution is 0.390. The molecule has 0 radical (unpaired) electrons. The molecule has 0 amide bonds. The average Bonchev–Trinajstić information content (AvgIpc) is 2.94. The van der Waals surface area contributed by atoms with E-state index in [9.17, 15) is 0 Å². The molecule has 88 valence electrons. The van der Waals surface area contributed by atoms with Crippen LogP contribution in [0.3, 0.4) is 0 Å². The Balaban J connectivity index is 1.91. The summed E-state index contributed by atoms with van der Waals surface area (Å²) in [5.74, 6) is 1.50. The summed E-state index contributed by atoms with van der Waals surface area (Å²) in [6.45, 7) is 0. The first kappa shape index (κ1) is 11.0. The highest BCUT2D eigenvalue weighted by atomic mass is 32.1. The normalized spacial score (nSPS) is 24.7. The SMILES string of the molecule is c1ccc(C2CCCCC2c2cccs2)cc1. The molecule has 1 fully saturated rings. The van der Waals surface area contributed by atoms with Gasteiger partial charge in [-0.2, -0.15) is 0 Å². The molecular weight excluding hydrogens is 224 g/mol. The first-order chi connectivity index (χ1) is 8.45. The van der Waals surface area contributed by atoms with Gasteiger partial charge in [0.25, 0.3) is 0 Å². The van der Waals surface area contributed by atoms with E-state index >= 15 is 0 Å². The topological polar surface area (TPSA) is 0 Å². The molecule has 1 saturated carbocycles. The predicted octanol–water partition coefficient (Wildman–Crippen LogP) is 5.19. The van der Waals surface area contributed by atoms with Crippen LogP contribution in [-0.2, 0) is 0 Å². The van der Waals surface area contributed by atoms with E-state index in [1.807, 2.05) is 11.3 Å². The first-order valence-corrected chi connectivity index (χ1v) is 7.41. The van der Waals surface area contributed by atoms with Crippen molar-refractivity contribution in [1.29, 1.82) is 0 Å². The van der Waals surface area contributed by atoms with Gasteiger partial charge < -0.3 is 0 Å². The Morgan fingerprint density at radius 3 is 2.29 bits per heavy atom. The summed E-state index contributed by atoms with van der Waals surface area (Å²) in [5.41, 5.74) is 1.53. The molecule has 0 saturated heterocycles. The van der Waals surface area contributed by atoms with E-state index in [2.05, 4.69) is 47.8 Å². The summed E-state index contributed by atoms with van der Waals surface area (Å²) in [4.78, 5) is 1.58. The van der Waals surface area contributed by atoms with Gasteiger partial charge in [0.2, 0.25) is 0 Å². The second kappa shape index (κ2) is 5.05. The molecule has 0 N–H and O–H groups in total. The first-order valence-electron chi connectivity index (χ1n) is 6.53. The third-order valence-corrected chi connectivity index (χ3v) is 4.91. The molecule has 0 aliphatic heterocycles. The van der Waals surface area contributed by atoms with Crippen LogP contribution in [0.15, 0.2) is 47.8 Å². The van der Waals surface area contributed by atoms with Gasteiger partial charge in [-0.05, 0) is 35.8 Å². The predicted molar refractivity (Wildman–Crippen MR) is 74.7 cm³/mol. The van der Waals surface area contributed by atoms with Gasteiger partial charge in [-0.3, -0.25) is 0 Å². The van der Waals surface area contributed by atoms with Gasteiger partial charge in [0.05, 0.1) is 0 Å². The summed E-state index contributed by atoms with van der Waals surface area (Å²) in [5, 5.41) is 2.21. The van der Waals surface area contributed by atoms with Crippen LogP contribution in [0.1, 0.15) is 48.0 Å². The minimum absolute atomic E-state index is 0.739. The number of rotatable bonds is 2. The van der Waals surface area contributed by atoms with E-state index in [4.69, 9.17) is 0 Å². The van der Waals surface area contributed by atoms with Crippen molar-refractivity contribution in [3.05, 3.63) is 58.3 Å². The minimum Gasteiger partial charge on any atom is -0.149 e. The van der Waals surface area contributed by atoms with Crippen LogP contribution < -0.4 is 0 Å². The lowest BCUT2D eigenvalue weighted by atomic mass is 9.75. The summed E-state index contributed by atoms with van der Waals surface area (Å²) < 4.78 is 0. The van der Waals surface area contributed by atoms with Crippen LogP contribution in [0.5, 0.6) is 0 Å². The van der Waals surface area contributed by atoms with E-state index in [0.717, 1.165) is 11.8 Å². The molecule has 1 aliphatic carbocycles. The Kier molecular flexibility index (Phi) is 3.28. The van der Waals surface area contributed by atoms with Crippen molar-refractivity contribution >= 4 is 11.3 Å². The van der Waals surface area contributed by atoms with Crippen molar-refractivity contribution in [3.8, 4) is 0 Å². The molecule has 1 aliphatic rings. The number of thiophene rings is 1. The zero-order valence-electron chi connectivity index (χ0n) is 10.0. The molecule has 2 aromatic rings. The van der Waals surface area contributed by atoms with Gasteiger partial charge in [0, 0.05) is 10.8 Å². The van der Waals surface area contributed by atoms with E-state index in [-0.39, 0.29) is 0 Å². The van der Waals surface area contributed by atoms with Gasteiger partial charge in [-0.15, -0.1) is 11.3 Å². The highest BCUT2D eigenvalue weighted by Gasteiger charge is 2.28. The molecule has 1 heteroatoms. The number of benzene rings is 1. The highest BCUT2D eigenvalue weighted by Crippen LogP contribution is 2.45. The van der Waals surface area contributed by atoms with E-state index in [1.165, 1.54) is 31.2 Å². The van der Waals surface area contributed by atoms with Crippen molar-refractivity contribution in [2.24, 2.45) is 0 Å². The van der Waals surface area contributed by atoms with Crippen molar-refractivity contribution in [3.63, 3.8) is 0 Å². The Bertz CT molecular complexity index is 444. The van der Waals surface area contributed by atoms with Crippen LogP contribution in [0.2, 0.25) is 0 Å². The fraction of sp³-hybridized carbons (Fsp3) is 0.375. The molecule has 1 aromatic heterocycles. The standard InChI is InChI=1S/C16H18S/c1-2-7-13(8-3-1)14-9-4-5-10-15(14)16-11-6-12-17-16/h1-3,6-8,11-12,14-15H,4-5,9-10H2. The van der Waals surface area contributed by atoms with Gasteiger partial charge in [0.1, 0.15) is 0 Å². The van der Waals surface area contributed by atoms with E-state index in [1.54, 1.807) is 4.88 Å². The fourth-order valence-electron chi connectivity index (χ4n) is 3.07. The maximum Gasteiger partial charge on any atom is 0.00822 e. The Morgan fingerprint density at radius 2 is 1.59 bits per heavy atom. The Labute approximate surface area is 107 Å². The van der Waals surface area contributed by atoms with Gasteiger partial charge in [-0.25, -0.2) is 0 Å². The molecule has 2 unspecified atom stereocenters. The van der Waals surface area contributed by atoms with Crippen LogP contribution in [-0.4, -0.2) is 0 Å². The van der Waals surface area contributed by atoms with Crippen LogP contribution in [0, 0.1) is 0 Å². The lowest BCUT2D eigenvalue weighted by Gasteiger charge is -2.31. The van der Waals surface area contributed by atoms with Crippen LogP contribution in [0.25, 0.3) is 0 Å².